The topological polar surface area (TPSA) is 51.0 Å². The number of halogens is 1. The van der Waals surface area contributed by atoms with Gasteiger partial charge in [-0.05, 0) is 24.7 Å². The van der Waals surface area contributed by atoms with Gasteiger partial charge in [0, 0.05) is 18.8 Å². The third-order valence-electron chi connectivity index (χ3n) is 3.45. The van der Waals surface area contributed by atoms with Crippen LogP contribution < -0.4 is 5.32 Å². The third kappa shape index (κ3) is 3.87. The minimum Gasteiger partial charge on any atom is -0.408 e. The number of aromatic nitrogens is 2. The quantitative estimate of drug-likeness (QED) is 0.824. The molecule has 0 atom stereocenters. The minimum atomic E-state index is 0.516. The van der Waals surface area contributed by atoms with Gasteiger partial charge in [-0.1, -0.05) is 24.9 Å². The van der Waals surface area contributed by atoms with Crippen LogP contribution in [0.25, 0.3) is 0 Å². The molecule has 0 spiro atoms. The van der Waals surface area contributed by atoms with Crippen LogP contribution in [-0.4, -0.2) is 22.6 Å². The van der Waals surface area contributed by atoms with Gasteiger partial charge in [-0.25, -0.2) is 0 Å². The van der Waals surface area contributed by atoms with E-state index >= 15 is 0 Å². The molecule has 1 fully saturated rings. The van der Waals surface area contributed by atoms with Crippen LogP contribution in [0.15, 0.2) is 4.42 Å². The molecule has 1 aliphatic carbocycles. The Morgan fingerprint density at radius 1 is 1.29 bits per heavy atom. The molecule has 0 aliphatic heterocycles. The van der Waals surface area contributed by atoms with Crippen molar-refractivity contribution in [2.75, 3.05) is 17.7 Å². The largest absolute Gasteiger partial charge is 0.408 e. The van der Waals surface area contributed by atoms with Crippen LogP contribution in [0.1, 0.15) is 38.5 Å². The fraction of sp³-hybridized carbons (Fsp3) is 0.833. The monoisotopic (exact) mass is 257 g/mol. The molecule has 4 nitrogen and oxygen atoms in total. The lowest BCUT2D eigenvalue weighted by molar-refractivity contribution is 0.299. The normalized spacial score (nSPS) is 24.8. The maximum atomic E-state index is 5.61. The van der Waals surface area contributed by atoms with Gasteiger partial charge in [0.15, 0.2) is 0 Å². The molecule has 0 aromatic carbocycles. The van der Waals surface area contributed by atoms with Gasteiger partial charge in [0.05, 0.1) is 0 Å². The van der Waals surface area contributed by atoms with E-state index in [0.29, 0.717) is 24.2 Å². The van der Waals surface area contributed by atoms with E-state index in [4.69, 9.17) is 16.0 Å². The molecule has 1 aromatic heterocycles. The van der Waals surface area contributed by atoms with Crippen molar-refractivity contribution in [3.8, 4) is 0 Å². The highest BCUT2D eigenvalue weighted by atomic mass is 35.5. The smallest absolute Gasteiger partial charge is 0.315 e. The SMILES string of the molecule is CC1CCC(CNc2nnc(CCCl)o2)CC1. The second-order valence-corrected chi connectivity index (χ2v) is 5.32. The standard InChI is InChI=1S/C12H20ClN3O/c1-9-2-4-10(5-3-9)8-14-12-16-15-11(17-12)6-7-13/h9-10H,2-8H2,1H3,(H,14,16). The van der Waals surface area contributed by atoms with Gasteiger partial charge in [-0.15, -0.1) is 16.7 Å². The Hall–Kier alpha value is -0.770. The van der Waals surface area contributed by atoms with Crippen molar-refractivity contribution >= 4 is 17.6 Å². The molecule has 0 bridgehead atoms. The van der Waals surface area contributed by atoms with Crippen molar-refractivity contribution in [2.45, 2.75) is 39.0 Å². The van der Waals surface area contributed by atoms with Gasteiger partial charge in [-0.2, -0.15) is 0 Å². The highest BCUT2D eigenvalue weighted by Gasteiger charge is 2.18. The first-order valence-electron chi connectivity index (χ1n) is 6.40. The molecular formula is C12H20ClN3O. The number of rotatable bonds is 5. The molecule has 1 heterocycles. The average molecular weight is 258 g/mol. The summed E-state index contributed by atoms with van der Waals surface area (Å²) in [6.45, 7) is 3.27. The fourth-order valence-electron chi connectivity index (χ4n) is 2.27. The number of anilines is 1. The lowest BCUT2D eigenvalue weighted by Crippen LogP contribution is -2.20. The summed E-state index contributed by atoms with van der Waals surface area (Å²) in [6, 6.07) is 0.531. The lowest BCUT2D eigenvalue weighted by atomic mass is 9.83. The van der Waals surface area contributed by atoms with E-state index in [-0.39, 0.29) is 0 Å². The van der Waals surface area contributed by atoms with Gasteiger partial charge < -0.3 is 9.73 Å². The Bertz CT molecular complexity index is 334. The second-order valence-electron chi connectivity index (χ2n) is 4.95. The van der Waals surface area contributed by atoms with Crippen LogP contribution >= 0.6 is 11.6 Å². The van der Waals surface area contributed by atoms with E-state index in [0.717, 1.165) is 18.4 Å². The predicted octanol–water partition coefficient (Wildman–Crippen LogP) is 3.09. The van der Waals surface area contributed by atoms with Crippen molar-refractivity contribution in [1.29, 1.82) is 0 Å². The van der Waals surface area contributed by atoms with Gasteiger partial charge in [0.1, 0.15) is 0 Å². The molecule has 1 saturated carbocycles. The van der Waals surface area contributed by atoms with Crippen molar-refractivity contribution in [2.24, 2.45) is 11.8 Å². The molecule has 1 aliphatic rings. The van der Waals surface area contributed by atoms with Crippen LogP contribution in [0.4, 0.5) is 6.01 Å². The van der Waals surface area contributed by atoms with E-state index in [1.165, 1.54) is 25.7 Å². The van der Waals surface area contributed by atoms with E-state index < -0.39 is 0 Å². The van der Waals surface area contributed by atoms with Gasteiger partial charge in [-0.3, -0.25) is 0 Å². The van der Waals surface area contributed by atoms with E-state index in [9.17, 15) is 0 Å². The molecule has 0 saturated heterocycles. The molecule has 5 heteroatoms. The second kappa shape index (κ2) is 6.24. The van der Waals surface area contributed by atoms with Crippen molar-refractivity contribution in [3.63, 3.8) is 0 Å². The zero-order valence-corrected chi connectivity index (χ0v) is 11.0. The number of alkyl halides is 1. The average Bonchev–Trinajstić information content (AvgIpc) is 2.77. The van der Waals surface area contributed by atoms with Crippen molar-refractivity contribution in [1.82, 2.24) is 10.2 Å². The Morgan fingerprint density at radius 3 is 2.76 bits per heavy atom. The Labute approximate surface area is 107 Å². The lowest BCUT2D eigenvalue weighted by Gasteiger charge is -2.25. The van der Waals surface area contributed by atoms with Crippen LogP contribution in [0.2, 0.25) is 0 Å². The van der Waals surface area contributed by atoms with Crippen molar-refractivity contribution < 1.29 is 4.42 Å². The summed E-state index contributed by atoms with van der Waals surface area (Å²) in [6.07, 6.45) is 5.92. The molecule has 0 unspecified atom stereocenters. The molecule has 17 heavy (non-hydrogen) atoms. The highest BCUT2D eigenvalue weighted by molar-refractivity contribution is 6.17. The predicted molar refractivity (Wildman–Crippen MR) is 68.3 cm³/mol. The molecule has 0 radical (unpaired) electrons. The summed E-state index contributed by atoms with van der Waals surface area (Å²) in [4.78, 5) is 0. The molecule has 1 N–H and O–H groups in total. The molecule has 2 rings (SSSR count). The van der Waals surface area contributed by atoms with Crippen LogP contribution in [0.3, 0.4) is 0 Å². The molecule has 1 aromatic rings. The number of nitrogens with zero attached hydrogens (tertiary/aromatic N) is 2. The zero-order chi connectivity index (χ0) is 12.1. The molecular weight excluding hydrogens is 238 g/mol. The Morgan fingerprint density at radius 2 is 2.06 bits per heavy atom. The number of nitrogens with one attached hydrogen (secondary N) is 1. The third-order valence-corrected chi connectivity index (χ3v) is 3.64. The van der Waals surface area contributed by atoms with Gasteiger partial charge >= 0.3 is 6.01 Å². The summed E-state index contributed by atoms with van der Waals surface area (Å²) < 4.78 is 5.42. The van der Waals surface area contributed by atoms with Gasteiger partial charge in [0.25, 0.3) is 0 Å². The number of aryl methyl sites for hydroxylation is 1. The zero-order valence-electron chi connectivity index (χ0n) is 10.3. The van der Waals surface area contributed by atoms with E-state index in [2.05, 4.69) is 22.4 Å². The highest BCUT2D eigenvalue weighted by Crippen LogP contribution is 2.28. The Balaban J connectivity index is 1.73. The maximum absolute atomic E-state index is 5.61. The maximum Gasteiger partial charge on any atom is 0.315 e. The van der Waals surface area contributed by atoms with E-state index in [1.54, 1.807) is 0 Å². The number of hydrogen-bond donors (Lipinski definition) is 1. The summed E-state index contributed by atoms with van der Waals surface area (Å²) in [5.74, 6) is 2.77. The van der Waals surface area contributed by atoms with E-state index in [1.807, 2.05) is 0 Å². The van der Waals surface area contributed by atoms with Gasteiger partial charge in [0.2, 0.25) is 5.89 Å². The van der Waals surface area contributed by atoms with Crippen LogP contribution in [-0.2, 0) is 6.42 Å². The summed E-state index contributed by atoms with van der Waals surface area (Å²) in [7, 11) is 0. The van der Waals surface area contributed by atoms with Crippen LogP contribution in [0.5, 0.6) is 0 Å². The first-order chi connectivity index (χ1) is 8.28. The summed E-state index contributed by atoms with van der Waals surface area (Å²) in [5.41, 5.74) is 0. The molecule has 96 valence electrons. The fourth-order valence-corrected chi connectivity index (χ4v) is 2.43. The summed E-state index contributed by atoms with van der Waals surface area (Å²) >= 11 is 5.61. The molecule has 0 amide bonds. The number of hydrogen-bond acceptors (Lipinski definition) is 4. The summed E-state index contributed by atoms with van der Waals surface area (Å²) in [5, 5.41) is 11.1. The Kier molecular flexibility index (Phi) is 4.66. The first kappa shape index (κ1) is 12.7. The minimum absolute atomic E-state index is 0.516. The van der Waals surface area contributed by atoms with Crippen molar-refractivity contribution in [3.05, 3.63) is 5.89 Å². The first-order valence-corrected chi connectivity index (χ1v) is 6.93. The van der Waals surface area contributed by atoms with Crippen LogP contribution in [0, 0.1) is 11.8 Å².